The van der Waals surface area contributed by atoms with Gasteiger partial charge in [0, 0.05) is 19.6 Å². The predicted octanol–water partition coefficient (Wildman–Crippen LogP) is 1.01. The molecule has 0 aliphatic carbocycles. The summed E-state index contributed by atoms with van der Waals surface area (Å²) < 4.78 is 31.4. The van der Waals surface area contributed by atoms with Gasteiger partial charge in [0.15, 0.2) is 4.90 Å². The first-order valence-corrected chi connectivity index (χ1v) is 7.94. The van der Waals surface area contributed by atoms with Crippen molar-refractivity contribution in [2.45, 2.75) is 11.3 Å². The second-order valence-electron chi connectivity index (χ2n) is 4.60. The molecule has 0 unspecified atom stereocenters. The van der Waals surface area contributed by atoms with Crippen LogP contribution in [0.5, 0.6) is 5.75 Å². The van der Waals surface area contributed by atoms with E-state index in [-0.39, 0.29) is 23.1 Å². The number of nitro groups is 1. The number of ether oxygens (including phenoxy) is 1. The van der Waals surface area contributed by atoms with Gasteiger partial charge < -0.3 is 10.1 Å². The summed E-state index contributed by atoms with van der Waals surface area (Å²) in [5, 5.41) is 14.2. The highest BCUT2D eigenvalue weighted by molar-refractivity contribution is 7.89. The highest BCUT2D eigenvalue weighted by Crippen LogP contribution is 2.30. The third-order valence-electron chi connectivity index (χ3n) is 3.28. The molecule has 0 amide bonds. The predicted molar refractivity (Wildman–Crippen MR) is 83.1 cm³/mol. The normalized spacial score (nSPS) is 16.4. The third kappa shape index (κ3) is 3.86. The van der Waals surface area contributed by atoms with Crippen molar-refractivity contribution in [1.29, 1.82) is 0 Å². The molecule has 124 valence electrons. The molecule has 0 bridgehead atoms. The van der Waals surface area contributed by atoms with Crippen LogP contribution in [0.1, 0.15) is 6.42 Å². The van der Waals surface area contributed by atoms with Crippen LogP contribution in [0.15, 0.2) is 23.1 Å². The van der Waals surface area contributed by atoms with Crippen molar-refractivity contribution in [3.63, 3.8) is 0 Å². The number of nitrogens with zero attached hydrogens (tertiary/aromatic N) is 2. The number of sulfonamides is 1. The molecule has 0 aromatic heterocycles. The molecule has 1 N–H and O–H groups in total. The molecular weight excluding hydrogens is 334 g/mol. The lowest BCUT2D eigenvalue weighted by atomic mass is 10.3. The summed E-state index contributed by atoms with van der Waals surface area (Å²) in [6.07, 6.45) is 0.670. The molecular formula is C12H18ClN3O5S. The first-order valence-electron chi connectivity index (χ1n) is 6.50. The monoisotopic (exact) mass is 351 g/mol. The number of methoxy groups -OCH3 is 1. The average Bonchev–Trinajstić information content (AvgIpc) is 2.76. The van der Waals surface area contributed by atoms with E-state index in [1.807, 2.05) is 0 Å². The molecule has 0 radical (unpaired) electrons. The second kappa shape index (κ2) is 7.73. The zero-order valence-corrected chi connectivity index (χ0v) is 13.7. The molecule has 0 saturated carbocycles. The Morgan fingerprint density at radius 2 is 2.05 bits per heavy atom. The van der Waals surface area contributed by atoms with Gasteiger partial charge in [-0.3, -0.25) is 10.1 Å². The van der Waals surface area contributed by atoms with Crippen LogP contribution in [-0.4, -0.2) is 50.9 Å². The van der Waals surface area contributed by atoms with Crippen LogP contribution in [0.3, 0.4) is 0 Å². The molecule has 1 aromatic rings. The van der Waals surface area contributed by atoms with E-state index >= 15 is 0 Å². The highest BCUT2D eigenvalue weighted by atomic mass is 35.5. The number of rotatable bonds is 4. The van der Waals surface area contributed by atoms with E-state index in [1.54, 1.807) is 0 Å². The van der Waals surface area contributed by atoms with E-state index in [4.69, 9.17) is 4.74 Å². The minimum absolute atomic E-state index is 0. The quantitative estimate of drug-likeness (QED) is 0.641. The largest absolute Gasteiger partial charge is 0.497 e. The standard InChI is InChI=1S/C12H17N3O5S.ClH/c1-20-10-3-4-12(11(9-10)15(16)17)21(18,19)14-7-2-5-13-6-8-14;/h3-4,9,13H,2,5-8H2,1H3;1H. The summed E-state index contributed by atoms with van der Waals surface area (Å²) in [5.74, 6) is 0.248. The Balaban J connectivity index is 0.00000242. The van der Waals surface area contributed by atoms with Gasteiger partial charge in [-0.1, -0.05) is 0 Å². The van der Waals surface area contributed by atoms with E-state index < -0.39 is 20.6 Å². The summed E-state index contributed by atoms with van der Waals surface area (Å²) in [6.45, 7) is 1.91. The zero-order valence-electron chi connectivity index (χ0n) is 12.0. The van der Waals surface area contributed by atoms with Gasteiger partial charge in [-0.15, -0.1) is 12.4 Å². The van der Waals surface area contributed by atoms with Crippen molar-refractivity contribution < 1.29 is 18.1 Å². The Kier molecular flexibility index (Phi) is 6.54. The van der Waals surface area contributed by atoms with Gasteiger partial charge in [-0.2, -0.15) is 4.31 Å². The number of hydrogen-bond donors (Lipinski definition) is 1. The number of nitro benzene ring substituents is 1. The van der Waals surface area contributed by atoms with Crippen LogP contribution in [0.4, 0.5) is 5.69 Å². The Bertz CT molecular complexity index is 630. The number of halogens is 1. The molecule has 1 saturated heterocycles. The maximum absolute atomic E-state index is 12.6. The number of hydrogen-bond acceptors (Lipinski definition) is 6. The van der Waals surface area contributed by atoms with E-state index in [0.717, 1.165) is 12.6 Å². The Morgan fingerprint density at radius 3 is 2.68 bits per heavy atom. The van der Waals surface area contributed by atoms with Gasteiger partial charge in [-0.05, 0) is 25.1 Å². The van der Waals surface area contributed by atoms with Crippen LogP contribution in [0, 0.1) is 10.1 Å². The Labute approximate surface area is 135 Å². The smallest absolute Gasteiger partial charge is 0.293 e. The SMILES string of the molecule is COc1ccc(S(=O)(=O)N2CCCNCC2)c([N+](=O)[O-])c1.Cl. The van der Waals surface area contributed by atoms with Crippen molar-refractivity contribution in [3.8, 4) is 5.75 Å². The molecule has 1 aliphatic heterocycles. The van der Waals surface area contributed by atoms with Crippen LogP contribution in [0.2, 0.25) is 0 Å². The van der Waals surface area contributed by atoms with Crippen LogP contribution in [-0.2, 0) is 10.0 Å². The van der Waals surface area contributed by atoms with Crippen LogP contribution >= 0.6 is 12.4 Å². The molecule has 1 heterocycles. The molecule has 1 aliphatic rings. The minimum Gasteiger partial charge on any atom is -0.497 e. The summed E-state index contributed by atoms with van der Waals surface area (Å²) >= 11 is 0. The lowest BCUT2D eigenvalue weighted by Gasteiger charge is -2.19. The van der Waals surface area contributed by atoms with E-state index in [9.17, 15) is 18.5 Å². The maximum Gasteiger partial charge on any atom is 0.293 e. The minimum atomic E-state index is -3.89. The molecule has 2 rings (SSSR count). The second-order valence-corrected chi connectivity index (χ2v) is 6.50. The number of nitrogens with one attached hydrogen (secondary N) is 1. The molecule has 8 nitrogen and oxygen atoms in total. The van der Waals surface area contributed by atoms with Gasteiger partial charge in [0.25, 0.3) is 5.69 Å². The Hall–Kier alpha value is -1.42. The van der Waals surface area contributed by atoms with Crippen LogP contribution in [0.25, 0.3) is 0 Å². The molecule has 22 heavy (non-hydrogen) atoms. The van der Waals surface area contributed by atoms with Gasteiger partial charge in [-0.25, -0.2) is 8.42 Å². The van der Waals surface area contributed by atoms with Crippen LogP contribution < -0.4 is 10.1 Å². The van der Waals surface area contributed by atoms with E-state index in [0.29, 0.717) is 26.1 Å². The van der Waals surface area contributed by atoms with Crippen molar-refractivity contribution in [2.75, 3.05) is 33.3 Å². The molecule has 1 aromatic carbocycles. The molecule has 0 atom stereocenters. The summed E-state index contributed by atoms with van der Waals surface area (Å²) in [6, 6.07) is 3.77. The van der Waals surface area contributed by atoms with Gasteiger partial charge >= 0.3 is 0 Å². The van der Waals surface area contributed by atoms with Gasteiger partial charge in [0.05, 0.1) is 18.1 Å². The molecule has 10 heteroatoms. The summed E-state index contributed by atoms with van der Waals surface area (Å²) in [7, 11) is -2.52. The fourth-order valence-electron chi connectivity index (χ4n) is 2.19. The first kappa shape index (κ1) is 18.6. The fraction of sp³-hybridized carbons (Fsp3) is 0.500. The topological polar surface area (TPSA) is 102 Å². The van der Waals surface area contributed by atoms with Gasteiger partial charge in [0.2, 0.25) is 10.0 Å². The molecule has 1 fully saturated rings. The average molecular weight is 352 g/mol. The Morgan fingerprint density at radius 1 is 1.32 bits per heavy atom. The summed E-state index contributed by atoms with van der Waals surface area (Å²) in [4.78, 5) is 10.1. The fourth-order valence-corrected chi connectivity index (χ4v) is 3.80. The zero-order chi connectivity index (χ0) is 15.5. The summed E-state index contributed by atoms with van der Waals surface area (Å²) in [5.41, 5.74) is -0.466. The van der Waals surface area contributed by atoms with Gasteiger partial charge in [0.1, 0.15) is 5.75 Å². The number of benzene rings is 1. The van der Waals surface area contributed by atoms with E-state index in [2.05, 4.69) is 5.32 Å². The third-order valence-corrected chi connectivity index (χ3v) is 5.23. The highest BCUT2D eigenvalue weighted by Gasteiger charge is 2.32. The van der Waals surface area contributed by atoms with Crippen molar-refractivity contribution in [2.24, 2.45) is 0 Å². The maximum atomic E-state index is 12.6. The lowest BCUT2D eigenvalue weighted by Crippen LogP contribution is -2.34. The van der Waals surface area contributed by atoms with Crippen molar-refractivity contribution in [3.05, 3.63) is 28.3 Å². The van der Waals surface area contributed by atoms with E-state index in [1.165, 1.54) is 23.5 Å². The lowest BCUT2D eigenvalue weighted by molar-refractivity contribution is -0.387. The van der Waals surface area contributed by atoms with Crippen molar-refractivity contribution in [1.82, 2.24) is 9.62 Å². The van der Waals surface area contributed by atoms with Crippen molar-refractivity contribution >= 4 is 28.1 Å². The molecule has 0 spiro atoms. The first-order chi connectivity index (χ1) is 9.96.